The van der Waals surface area contributed by atoms with E-state index < -0.39 is 28.9 Å². The molecular formula is C26H18N2O4Se2. The first-order valence-electron chi connectivity index (χ1n) is 10.5. The van der Waals surface area contributed by atoms with Crippen LogP contribution in [0.1, 0.15) is 20.7 Å². The summed E-state index contributed by atoms with van der Waals surface area (Å²) >= 11 is -4.82. The molecule has 0 saturated carbocycles. The van der Waals surface area contributed by atoms with Crippen LogP contribution in [0.2, 0.25) is 0 Å². The number of anilines is 2. The number of fused-ring (bicyclic) bond motifs is 2. The Balaban J connectivity index is 1.24. The van der Waals surface area contributed by atoms with Crippen molar-refractivity contribution in [3.05, 3.63) is 108 Å². The van der Waals surface area contributed by atoms with E-state index in [2.05, 4.69) is 0 Å². The third-order valence-corrected chi connectivity index (χ3v) is 12.1. The van der Waals surface area contributed by atoms with Crippen molar-refractivity contribution < 1.29 is 18.0 Å². The third kappa shape index (κ3) is 3.24. The predicted octanol–water partition coefficient (Wildman–Crippen LogP) is 2.05. The Morgan fingerprint density at radius 2 is 0.853 bits per heavy atom. The predicted molar refractivity (Wildman–Crippen MR) is 134 cm³/mol. The Labute approximate surface area is 205 Å². The summed E-state index contributed by atoms with van der Waals surface area (Å²) in [5, 5.41) is 0. The van der Waals surface area contributed by atoms with E-state index in [1.54, 1.807) is 12.1 Å². The van der Waals surface area contributed by atoms with Crippen LogP contribution in [0.25, 0.3) is 11.1 Å². The average molecular weight is 580 g/mol. The second kappa shape index (κ2) is 8.22. The Kier molecular flexibility index (Phi) is 5.15. The summed E-state index contributed by atoms with van der Waals surface area (Å²) in [5.41, 5.74) is 4.37. The summed E-state index contributed by atoms with van der Waals surface area (Å²) in [4.78, 5) is 25.6. The SMILES string of the molecule is O=C1c2ccccc2[Se](O)N1c1ccc(-c2ccc(N3C(=O)c4ccccc4[Se]3O)cc2)cc1. The van der Waals surface area contributed by atoms with E-state index in [0.29, 0.717) is 22.5 Å². The van der Waals surface area contributed by atoms with Crippen molar-refractivity contribution in [2.45, 2.75) is 0 Å². The second-order valence-electron chi connectivity index (χ2n) is 7.81. The first-order chi connectivity index (χ1) is 16.5. The van der Waals surface area contributed by atoms with Gasteiger partial charge in [0.2, 0.25) is 0 Å². The maximum absolute atomic E-state index is 12.8. The van der Waals surface area contributed by atoms with Crippen molar-refractivity contribution in [1.29, 1.82) is 0 Å². The quantitative estimate of drug-likeness (QED) is 0.364. The Morgan fingerprint density at radius 3 is 1.21 bits per heavy atom. The molecule has 6 rings (SSSR count). The van der Waals surface area contributed by atoms with Crippen LogP contribution in [0.3, 0.4) is 0 Å². The van der Waals surface area contributed by atoms with Crippen molar-refractivity contribution in [2.24, 2.45) is 0 Å². The normalized spacial score (nSPS) is 15.7. The molecule has 2 amide bonds. The van der Waals surface area contributed by atoms with Crippen molar-refractivity contribution in [1.82, 2.24) is 0 Å². The van der Waals surface area contributed by atoms with E-state index in [4.69, 9.17) is 0 Å². The van der Waals surface area contributed by atoms with Gasteiger partial charge in [0.1, 0.15) is 0 Å². The van der Waals surface area contributed by atoms with E-state index in [1.807, 2.05) is 84.9 Å². The fourth-order valence-electron chi connectivity index (χ4n) is 4.19. The van der Waals surface area contributed by atoms with Gasteiger partial charge in [-0.25, -0.2) is 0 Å². The molecule has 0 aromatic heterocycles. The van der Waals surface area contributed by atoms with Gasteiger partial charge in [-0.05, 0) is 0 Å². The second-order valence-corrected chi connectivity index (χ2v) is 13.4. The van der Waals surface area contributed by atoms with Gasteiger partial charge in [0, 0.05) is 0 Å². The van der Waals surface area contributed by atoms with Gasteiger partial charge in [-0.3, -0.25) is 0 Å². The van der Waals surface area contributed by atoms with Crippen molar-refractivity contribution in [3.63, 3.8) is 0 Å². The van der Waals surface area contributed by atoms with E-state index in [1.165, 1.54) is 7.83 Å². The number of nitrogens with zero attached hydrogens (tertiary/aromatic N) is 2. The summed E-state index contributed by atoms with van der Waals surface area (Å²) in [5.74, 6) is -0.336. The number of hydrogen-bond acceptors (Lipinski definition) is 4. The van der Waals surface area contributed by atoms with Crippen LogP contribution in [0.5, 0.6) is 0 Å². The van der Waals surface area contributed by atoms with E-state index >= 15 is 0 Å². The molecule has 2 radical (unpaired) electrons. The number of carbonyl (C=O) groups excluding carboxylic acids is 2. The monoisotopic (exact) mass is 582 g/mol. The van der Waals surface area contributed by atoms with Crippen LogP contribution in [0.15, 0.2) is 97.1 Å². The summed E-state index contributed by atoms with van der Waals surface area (Å²) in [6.45, 7) is 0. The van der Waals surface area contributed by atoms with Gasteiger partial charge in [0.15, 0.2) is 0 Å². The van der Waals surface area contributed by atoms with Crippen LogP contribution in [0.4, 0.5) is 11.4 Å². The molecule has 2 heterocycles. The van der Waals surface area contributed by atoms with Crippen LogP contribution < -0.4 is 16.8 Å². The Morgan fingerprint density at radius 1 is 0.500 bits per heavy atom. The maximum atomic E-state index is 12.8. The topological polar surface area (TPSA) is 81.1 Å². The van der Waals surface area contributed by atoms with Gasteiger partial charge < -0.3 is 0 Å². The molecule has 6 nitrogen and oxygen atoms in total. The molecule has 4 aromatic carbocycles. The standard InChI is InChI=1S/C26H18N2O4Se2/c29-25-21-5-1-3-7-23(21)33(31)27(25)19-13-9-17(10-14-19)18-11-15-20(16-12-18)28-26(30)22-6-2-4-8-24(22)34(28)32/h1-16,31-32H. The molecule has 0 bridgehead atoms. The zero-order valence-electron chi connectivity index (χ0n) is 17.7. The molecule has 0 atom stereocenters. The Hall–Kier alpha value is -3.22. The fourth-order valence-corrected chi connectivity index (χ4v) is 9.75. The number of hydrogen-bond donors (Lipinski definition) is 2. The van der Waals surface area contributed by atoms with Crippen molar-refractivity contribution in [2.75, 3.05) is 7.83 Å². The first kappa shape index (κ1) is 21.3. The molecule has 0 fully saturated rings. The number of carbonyl (C=O) groups is 2. The van der Waals surface area contributed by atoms with Gasteiger partial charge in [0.25, 0.3) is 0 Å². The number of rotatable bonds is 3. The minimum atomic E-state index is -2.41. The van der Waals surface area contributed by atoms with E-state index in [0.717, 1.165) is 20.1 Å². The van der Waals surface area contributed by atoms with Crippen molar-refractivity contribution >= 4 is 61.0 Å². The molecule has 8 heteroatoms. The summed E-state index contributed by atoms with van der Waals surface area (Å²) < 4.78 is 26.0. The Bertz CT molecular complexity index is 1330. The van der Waals surface area contributed by atoms with Crippen LogP contribution in [0, 0.1) is 0 Å². The van der Waals surface area contributed by atoms with Gasteiger partial charge in [-0.1, -0.05) is 0 Å². The van der Waals surface area contributed by atoms with Crippen LogP contribution in [-0.4, -0.2) is 49.1 Å². The molecule has 34 heavy (non-hydrogen) atoms. The molecule has 0 unspecified atom stereocenters. The molecule has 2 N–H and O–H groups in total. The number of benzene rings is 4. The first-order valence-corrected chi connectivity index (χ1v) is 15.3. The fraction of sp³-hybridized carbons (Fsp3) is 0. The minimum absolute atomic E-state index is 0.168. The number of amides is 2. The average Bonchev–Trinajstić information content (AvgIpc) is 3.29. The molecule has 168 valence electrons. The molecule has 2 aliphatic heterocycles. The molecule has 2 aliphatic rings. The molecule has 0 spiro atoms. The van der Waals surface area contributed by atoms with Crippen LogP contribution in [-0.2, 0) is 0 Å². The molecule has 0 aliphatic carbocycles. The zero-order chi connectivity index (χ0) is 23.4. The summed E-state index contributed by atoms with van der Waals surface area (Å²) in [6, 6.07) is 29.5. The molecule has 0 saturated heterocycles. The van der Waals surface area contributed by atoms with Gasteiger partial charge in [0.05, 0.1) is 0 Å². The van der Waals surface area contributed by atoms with Gasteiger partial charge in [-0.2, -0.15) is 0 Å². The summed E-state index contributed by atoms with van der Waals surface area (Å²) in [7, 11) is 0. The van der Waals surface area contributed by atoms with Gasteiger partial charge in [-0.15, -0.1) is 0 Å². The van der Waals surface area contributed by atoms with Crippen LogP contribution >= 0.6 is 0 Å². The zero-order valence-corrected chi connectivity index (χ0v) is 21.1. The summed E-state index contributed by atoms with van der Waals surface area (Å²) in [6.07, 6.45) is 0. The molecule has 4 aromatic rings. The molecular weight excluding hydrogens is 562 g/mol. The van der Waals surface area contributed by atoms with Gasteiger partial charge >= 0.3 is 206 Å². The van der Waals surface area contributed by atoms with E-state index in [-0.39, 0.29) is 11.8 Å². The third-order valence-electron chi connectivity index (χ3n) is 5.88. The van der Waals surface area contributed by atoms with Crippen molar-refractivity contribution in [3.8, 4) is 11.1 Å². The van der Waals surface area contributed by atoms with E-state index in [9.17, 15) is 18.0 Å².